The van der Waals surface area contributed by atoms with E-state index in [4.69, 9.17) is 16.3 Å². The van der Waals surface area contributed by atoms with Crippen molar-refractivity contribution < 1.29 is 26.3 Å². The van der Waals surface area contributed by atoms with Crippen molar-refractivity contribution in [3.63, 3.8) is 0 Å². The quantitative estimate of drug-likeness (QED) is 0.302. The summed E-state index contributed by atoms with van der Waals surface area (Å²) in [5.74, 6) is 0.232. The van der Waals surface area contributed by atoms with Crippen LogP contribution in [0.2, 0.25) is 5.02 Å². The van der Waals surface area contributed by atoms with Crippen LogP contribution in [0.1, 0.15) is 17.0 Å². The number of nitrogens with zero attached hydrogens (tertiary/aromatic N) is 3. The highest BCUT2D eigenvalue weighted by atomic mass is 35.5. The van der Waals surface area contributed by atoms with Gasteiger partial charge in [-0.05, 0) is 59.7 Å². The average molecular weight is 532 g/mol. The lowest BCUT2D eigenvalue weighted by Gasteiger charge is -2.12. The Balaban J connectivity index is 1.66. The number of aromatic nitrogens is 2. The molecule has 36 heavy (non-hydrogen) atoms. The monoisotopic (exact) mass is 531 g/mol. The van der Waals surface area contributed by atoms with E-state index in [-0.39, 0.29) is 39.2 Å². The van der Waals surface area contributed by atoms with Crippen molar-refractivity contribution in [2.24, 2.45) is 0 Å². The third-order valence-corrected chi connectivity index (χ3v) is 6.66. The molecule has 4 rings (SSSR count). The van der Waals surface area contributed by atoms with Gasteiger partial charge in [-0.15, -0.1) is 0 Å². The van der Waals surface area contributed by atoms with E-state index in [0.717, 1.165) is 17.0 Å². The van der Waals surface area contributed by atoms with Crippen LogP contribution in [-0.4, -0.2) is 24.5 Å². The van der Waals surface area contributed by atoms with Gasteiger partial charge in [0.2, 0.25) is 0 Å². The van der Waals surface area contributed by atoms with Gasteiger partial charge >= 0.3 is 6.18 Å². The van der Waals surface area contributed by atoms with Gasteiger partial charge in [-0.2, -0.15) is 23.5 Å². The van der Waals surface area contributed by atoms with E-state index >= 15 is 0 Å². The molecule has 0 fully saturated rings. The van der Waals surface area contributed by atoms with Crippen molar-refractivity contribution >= 4 is 21.4 Å². The summed E-state index contributed by atoms with van der Waals surface area (Å²) >= 11 is 6.17. The van der Waals surface area contributed by atoms with Crippen LogP contribution in [0.3, 0.4) is 0 Å². The fourth-order valence-electron chi connectivity index (χ4n) is 3.50. The van der Waals surface area contributed by atoms with Gasteiger partial charge in [0, 0.05) is 6.26 Å². The molecule has 0 aliphatic rings. The highest BCUT2D eigenvalue weighted by Crippen LogP contribution is 2.32. The number of halogens is 4. The van der Waals surface area contributed by atoms with Crippen LogP contribution >= 0.6 is 11.6 Å². The molecule has 0 radical (unpaired) electrons. The summed E-state index contributed by atoms with van der Waals surface area (Å²) in [5, 5.41) is 13.5. The molecule has 3 aromatic carbocycles. The molecule has 0 unspecified atom stereocenters. The molecule has 11 heteroatoms. The largest absolute Gasteiger partial charge is 0.487 e. The predicted molar refractivity (Wildman–Crippen MR) is 128 cm³/mol. The van der Waals surface area contributed by atoms with Gasteiger partial charge in [0.05, 0.1) is 32.9 Å². The minimum Gasteiger partial charge on any atom is -0.487 e. The van der Waals surface area contributed by atoms with Crippen LogP contribution in [0, 0.1) is 11.3 Å². The van der Waals surface area contributed by atoms with Crippen molar-refractivity contribution in [1.82, 2.24) is 9.78 Å². The highest BCUT2D eigenvalue weighted by Gasteiger charge is 2.35. The van der Waals surface area contributed by atoms with Crippen LogP contribution in [-0.2, 0) is 22.6 Å². The molecule has 0 aliphatic carbocycles. The summed E-state index contributed by atoms with van der Waals surface area (Å²) in [5.41, 5.74) is 0.461. The minimum absolute atomic E-state index is 0.0962. The Morgan fingerprint density at radius 3 is 2.47 bits per heavy atom. The fraction of sp³-hybridized carbons (Fsp3) is 0.120. The molecule has 184 valence electrons. The lowest BCUT2D eigenvalue weighted by atomic mass is 10.0. The Morgan fingerprint density at radius 1 is 1.06 bits per heavy atom. The number of hydrogen-bond donors (Lipinski definition) is 0. The highest BCUT2D eigenvalue weighted by molar-refractivity contribution is 7.90. The Bertz CT molecular complexity index is 1590. The number of hydrogen-bond acceptors (Lipinski definition) is 5. The van der Waals surface area contributed by atoms with Gasteiger partial charge in [-0.3, -0.25) is 0 Å². The van der Waals surface area contributed by atoms with E-state index in [1.54, 1.807) is 36.4 Å². The first-order valence-electron chi connectivity index (χ1n) is 10.4. The van der Waals surface area contributed by atoms with Crippen LogP contribution in [0.25, 0.3) is 16.8 Å². The molecular formula is C25H17ClF3N3O3S. The molecule has 1 heterocycles. The average Bonchev–Trinajstić information content (AvgIpc) is 3.27. The summed E-state index contributed by atoms with van der Waals surface area (Å²) in [6, 6.07) is 20.0. The summed E-state index contributed by atoms with van der Waals surface area (Å²) in [6.45, 7) is -0.290. The maximum atomic E-state index is 13.3. The molecule has 4 aromatic rings. The van der Waals surface area contributed by atoms with Crippen molar-refractivity contribution in [3.8, 4) is 28.6 Å². The number of para-hydroxylation sites is 1. The van der Waals surface area contributed by atoms with Gasteiger partial charge in [-0.25, -0.2) is 13.1 Å². The molecule has 0 amide bonds. The van der Waals surface area contributed by atoms with Crippen LogP contribution in [0.15, 0.2) is 77.7 Å². The van der Waals surface area contributed by atoms with Crippen LogP contribution in [0.4, 0.5) is 13.2 Å². The van der Waals surface area contributed by atoms with Crippen molar-refractivity contribution in [2.75, 3.05) is 6.26 Å². The zero-order valence-corrected chi connectivity index (χ0v) is 20.2. The Morgan fingerprint density at radius 2 is 1.81 bits per heavy atom. The molecule has 0 bridgehead atoms. The summed E-state index contributed by atoms with van der Waals surface area (Å²) in [6.07, 6.45) is -3.58. The third kappa shape index (κ3) is 5.37. The molecule has 1 aromatic heterocycles. The van der Waals surface area contributed by atoms with Gasteiger partial charge in [0.1, 0.15) is 12.4 Å². The first-order valence-corrected chi connectivity index (χ1v) is 12.6. The first-order chi connectivity index (χ1) is 17.0. The normalized spacial score (nSPS) is 11.8. The number of rotatable bonds is 6. The van der Waals surface area contributed by atoms with E-state index in [2.05, 4.69) is 5.10 Å². The summed E-state index contributed by atoms with van der Waals surface area (Å²) < 4.78 is 70.6. The van der Waals surface area contributed by atoms with E-state index in [1.807, 2.05) is 6.07 Å². The molecule has 0 spiro atoms. The second-order valence-corrected chi connectivity index (χ2v) is 10.2. The SMILES string of the molecule is CS(=O)(=O)c1cccc(-c2ccc(OCc3cc(C(F)(F)F)nn3-c3ccccc3Cl)cc2C#N)c1. The molecular weight excluding hydrogens is 515 g/mol. The van der Waals surface area contributed by atoms with E-state index in [1.165, 1.54) is 30.3 Å². The maximum absolute atomic E-state index is 13.3. The van der Waals surface area contributed by atoms with Gasteiger partial charge in [-0.1, -0.05) is 35.9 Å². The molecule has 0 aliphatic heterocycles. The number of alkyl halides is 3. The lowest BCUT2D eigenvalue weighted by molar-refractivity contribution is -0.141. The van der Waals surface area contributed by atoms with E-state index in [0.29, 0.717) is 11.1 Å². The van der Waals surface area contributed by atoms with Gasteiger partial charge in [0.15, 0.2) is 15.5 Å². The number of nitriles is 1. The van der Waals surface area contributed by atoms with Gasteiger partial charge < -0.3 is 4.74 Å². The second kappa shape index (κ2) is 9.68. The number of ether oxygens (including phenoxy) is 1. The summed E-state index contributed by atoms with van der Waals surface area (Å²) in [4.78, 5) is 0.109. The van der Waals surface area contributed by atoms with Crippen molar-refractivity contribution in [1.29, 1.82) is 5.26 Å². The topological polar surface area (TPSA) is 85.0 Å². The molecule has 0 atom stereocenters. The first kappa shape index (κ1) is 25.3. The van der Waals surface area contributed by atoms with Crippen molar-refractivity contribution in [3.05, 3.63) is 94.8 Å². The van der Waals surface area contributed by atoms with Crippen LogP contribution in [0.5, 0.6) is 5.75 Å². The number of sulfone groups is 1. The Kier molecular flexibility index (Phi) is 6.80. The zero-order valence-electron chi connectivity index (χ0n) is 18.6. The molecule has 0 saturated carbocycles. The Labute approximate surface area is 210 Å². The number of benzene rings is 3. The van der Waals surface area contributed by atoms with Gasteiger partial charge in [0.25, 0.3) is 0 Å². The Hall–Kier alpha value is -3.81. The smallest absolute Gasteiger partial charge is 0.435 e. The predicted octanol–water partition coefficient (Wildman–Crippen LogP) is 6.07. The minimum atomic E-state index is -4.67. The molecule has 0 saturated heterocycles. The molecule has 0 N–H and O–H groups in total. The fourth-order valence-corrected chi connectivity index (χ4v) is 4.38. The van der Waals surface area contributed by atoms with Crippen molar-refractivity contribution in [2.45, 2.75) is 17.7 Å². The summed E-state index contributed by atoms with van der Waals surface area (Å²) in [7, 11) is -3.44. The zero-order chi connectivity index (χ0) is 26.1. The molecule has 6 nitrogen and oxygen atoms in total. The second-order valence-electron chi connectivity index (χ2n) is 7.79. The standard InChI is InChI=1S/C25H17ClF3N3O3S/c1-36(33,34)20-6-4-5-16(12-20)21-10-9-19(11-17(21)14-30)35-15-18-13-24(25(27,28)29)31-32(18)23-8-3-2-7-22(23)26/h2-13H,15H2,1H3. The third-order valence-electron chi connectivity index (χ3n) is 5.23. The lowest BCUT2D eigenvalue weighted by Crippen LogP contribution is -2.08. The maximum Gasteiger partial charge on any atom is 0.435 e. The van der Waals surface area contributed by atoms with Crippen LogP contribution < -0.4 is 4.74 Å². The van der Waals surface area contributed by atoms with E-state index in [9.17, 15) is 26.9 Å². The van der Waals surface area contributed by atoms with E-state index < -0.39 is 21.7 Å².